The van der Waals surface area contributed by atoms with Crippen molar-refractivity contribution >= 4 is 0 Å². The summed E-state index contributed by atoms with van der Waals surface area (Å²) in [7, 11) is 3.41. The maximum absolute atomic E-state index is 6.19. The van der Waals surface area contributed by atoms with E-state index >= 15 is 0 Å². The van der Waals surface area contributed by atoms with Crippen LogP contribution in [0.5, 0.6) is 11.5 Å². The molecule has 2 rings (SSSR count). The Morgan fingerprint density at radius 2 is 2.06 bits per heavy atom. The molecule has 2 N–H and O–H groups in total. The number of ether oxygens (including phenoxy) is 2. The van der Waals surface area contributed by atoms with Crippen LogP contribution in [0.4, 0.5) is 0 Å². The average molecular weight is 249 g/mol. The van der Waals surface area contributed by atoms with E-state index in [2.05, 4.69) is 19.9 Å². The minimum absolute atomic E-state index is 0.166. The standard InChI is InChI=1S/C15H23NO2/c1-5-15(2)12(9-14(15)16)11-8-10(17-3)6-7-13(11)18-4/h6-8,12,14H,5,9,16H2,1-4H3. The highest BCUT2D eigenvalue weighted by Crippen LogP contribution is 2.56. The minimum Gasteiger partial charge on any atom is -0.497 e. The summed E-state index contributed by atoms with van der Waals surface area (Å²) in [5.41, 5.74) is 7.58. The van der Waals surface area contributed by atoms with Gasteiger partial charge in [0.25, 0.3) is 0 Å². The van der Waals surface area contributed by atoms with Crippen molar-refractivity contribution in [2.45, 2.75) is 38.6 Å². The first-order valence-electron chi connectivity index (χ1n) is 6.54. The monoisotopic (exact) mass is 249 g/mol. The lowest BCUT2D eigenvalue weighted by Gasteiger charge is -2.53. The van der Waals surface area contributed by atoms with Gasteiger partial charge in [0.1, 0.15) is 11.5 Å². The predicted molar refractivity (Wildman–Crippen MR) is 73.3 cm³/mol. The third-order valence-electron chi connectivity index (χ3n) is 4.71. The molecule has 1 aromatic carbocycles. The predicted octanol–water partition coefficient (Wildman–Crippen LogP) is 2.93. The average Bonchev–Trinajstić information content (AvgIpc) is 2.42. The third kappa shape index (κ3) is 1.87. The SMILES string of the molecule is CCC1(C)C(N)CC1c1cc(OC)ccc1OC. The molecule has 3 atom stereocenters. The molecule has 0 amide bonds. The number of methoxy groups -OCH3 is 2. The fourth-order valence-corrected chi connectivity index (χ4v) is 2.99. The Morgan fingerprint density at radius 1 is 1.33 bits per heavy atom. The lowest BCUT2D eigenvalue weighted by Crippen LogP contribution is -2.54. The van der Waals surface area contributed by atoms with Gasteiger partial charge < -0.3 is 15.2 Å². The summed E-state index contributed by atoms with van der Waals surface area (Å²) in [5, 5.41) is 0. The topological polar surface area (TPSA) is 44.5 Å². The Labute approximate surface area is 109 Å². The Bertz CT molecular complexity index is 433. The zero-order valence-corrected chi connectivity index (χ0v) is 11.7. The molecule has 1 fully saturated rings. The van der Waals surface area contributed by atoms with Gasteiger partial charge in [-0.3, -0.25) is 0 Å². The van der Waals surface area contributed by atoms with E-state index in [0.29, 0.717) is 5.92 Å². The van der Waals surface area contributed by atoms with Gasteiger partial charge in [-0.25, -0.2) is 0 Å². The molecular formula is C15H23NO2. The van der Waals surface area contributed by atoms with Crippen LogP contribution < -0.4 is 15.2 Å². The van der Waals surface area contributed by atoms with Gasteiger partial charge in [0.05, 0.1) is 14.2 Å². The molecule has 0 aliphatic heterocycles. The first-order valence-corrected chi connectivity index (χ1v) is 6.54. The molecule has 1 aliphatic carbocycles. The van der Waals surface area contributed by atoms with Gasteiger partial charge in [0.15, 0.2) is 0 Å². The number of benzene rings is 1. The number of hydrogen-bond acceptors (Lipinski definition) is 3. The zero-order chi connectivity index (χ0) is 13.3. The third-order valence-corrected chi connectivity index (χ3v) is 4.71. The fourth-order valence-electron chi connectivity index (χ4n) is 2.99. The highest BCUT2D eigenvalue weighted by atomic mass is 16.5. The Hall–Kier alpha value is -1.22. The molecule has 18 heavy (non-hydrogen) atoms. The number of hydrogen-bond donors (Lipinski definition) is 1. The first kappa shape index (κ1) is 13.2. The van der Waals surface area contributed by atoms with Crippen LogP contribution in [0.1, 0.15) is 38.2 Å². The van der Waals surface area contributed by atoms with Gasteiger partial charge in [-0.15, -0.1) is 0 Å². The summed E-state index contributed by atoms with van der Waals surface area (Å²) in [6, 6.07) is 6.28. The molecule has 1 aliphatic rings. The van der Waals surface area contributed by atoms with Crippen LogP contribution in [-0.2, 0) is 0 Å². The van der Waals surface area contributed by atoms with Crippen LogP contribution in [-0.4, -0.2) is 20.3 Å². The van der Waals surface area contributed by atoms with Crippen LogP contribution >= 0.6 is 0 Å². The minimum atomic E-state index is 0.166. The molecule has 0 spiro atoms. The molecule has 3 nitrogen and oxygen atoms in total. The van der Waals surface area contributed by atoms with Crippen molar-refractivity contribution in [3.05, 3.63) is 23.8 Å². The van der Waals surface area contributed by atoms with Gasteiger partial charge >= 0.3 is 0 Å². The van der Waals surface area contributed by atoms with E-state index in [4.69, 9.17) is 15.2 Å². The Morgan fingerprint density at radius 3 is 2.56 bits per heavy atom. The van der Waals surface area contributed by atoms with Gasteiger partial charge in [0.2, 0.25) is 0 Å². The fraction of sp³-hybridized carbons (Fsp3) is 0.600. The van der Waals surface area contributed by atoms with Gasteiger partial charge in [0, 0.05) is 11.6 Å². The summed E-state index contributed by atoms with van der Waals surface area (Å²) < 4.78 is 10.8. The van der Waals surface area contributed by atoms with Gasteiger partial charge in [-0.2, -0.15) is 0 Å². The molecule has 1 aromatic rings. The maximum atomic E-state index is 6.19. The molecular weight excluding hydrogens is 226 g/mol. The lowest BCUT2D eigenvalue weighted by molar-refractivity contribution is 0.0688. The molecule has 1 saturated carbocycles. The summed E-state index contributed by atoms with van der Waals surface area (Å²) in [5.74, 6) is 2.28. The smallest absolute Gasteiger partial charge is 0.122 e. The molecule has 0 aromatic heterocycles. The molecule has 0 bridgehead atoms. The van der Waals surface area contributed by atoms with Gasteiger partial charge in [-0.05, 0) is 42.4 Å². The number of nitrogens with two attached hydrogens (primary N) is 1. The molecule has 0 radical (unpaired) electrons. The van der Waals surface area contributed by atoms with Crippen molar-refractivity contribution in [3.63, 3.8) is 0 Å². The molecule has 0 saturated heterocycles. The van der Waals surface area contributed by atoms with E-state index in [0.717, 1.165) is 24.3 Å². The van der Waals surface area contributed by atoms with Crippen LogP contribution in [0.3, 0.4) is 0 Å². The first-order chi connectivity index (χ1) is 8.56. The summed E-state index contributed by atoms with van der Waals surface area (Å²) >= 11 is 0. The largest absolute Gasteiger partial charge is 0.497 e. The van der Waals surface area contributed by atoms with Crippen LogP contribution in [0, 0.1) is 5.41 Å². The second-order valence-corrected chi connectivity index (χ2v) is 5.36. The summed E-state index contributed by atoms with van der Waals surface area (Å²) in [6.45, 7) is 4.48. The number of rotatable bonds is 4. The van der Waals surface area contributed by atoms with Crippen molar-refractivity contribution in [2.24, 2.45) is 11.1 Å². The van der Waals surface area contributed by atoms with Crippen molar-refractivity contribution in [1.82, 2.24) is 0 Å². The Kier molecular flexibility index (Phi) is 3.53. The molecule has 3 unspecified atom stereocenters. The van der Waals surface area contributed by atoms with E-state index in [1.54, 1.807) is 14.2 Å². The van der Waals surface area contributed by atoms with Crippen molar-refractivity contribution in [3.8, 4) is 11.5 Å². The van der Waals surface area contributed by atoms with Crippen molar-refractivity contribution in [2.75, 3.05) is 14.2 Å². The molecule has 3 heteroatoms. The highest BCUT2D eigenvalue weighted by molar-refractivity contribution is 5.45. The van der Waals surface area contributed by atoms with E-state index in [9.17, 15) is 0 Å². The molecule has 100 valence electrons. The van der Waals surface area contributed by atoms with Crippen molar-refractivity contribution in [1.29, 1.82) is 0 Å². The second kappa shape index (κ2) is 4.81. The van der Waals surface area contributed by atoms with E-state index in [1.807, 2.05) is 12.1 Å². The second-order valence-electron chi connectivity index (χ2n) is 5.36. The zero-order valence-electron chi connectivity index (χ0n) is 11.7. The van der Waals surface area contributed by atoms with Crippen LogP contribution in [0.25, 0.3) is 0 Å². The van der Waals surface area contributed by atoms with E-state index in [1.165, 1.54) is 5.56 Å². The quantitative estimate of drug-likeness (QED) is 0.892. The molecule has 0 heterocycles. The normalized spacial score (nSPS) is 30.7. The highest BCUT2D eigenvalue weighted by Gasteiger charge is 2.49. The van der Waals surface area contributed by atoms with Crippen molar-refractivity contribution < 1.29 is 9.47 Å². The lowest BCUT2D eigenvalue weighted by atomic mass is 9.54. The maximum Gasteiger partial charge on any atom is 0.122 e. The van der Waals surface area contributed by atoms with Crippen LogP contribution in [0.2, 0.25) is 0 Å². The summed E-state index contributed by atoms with van der Waals surface area (Å²) in [4.78, 5) is 0. The van der Waals surface area contributed by atoms with Crippen LogP contribution in [0.15, 0.2) is 18.2 Å². The van der Waals surface area contributed by atoms with E-state index in [-0.39, 0.29) is 11.5 Å². The van der Waals surface area contributed by atoms with Gasteiger partial charge in [-0.1, -0.05) is 13.8 Å². The Balaban J connectivity index is 2.38. The van der Waals surface area contributed by atoms with E-state index < -0.39 is 0 Å². The summed E-state index contributed by atoms with van der Waals surface area (Å²) in [6.07, 6.45) is 2.10.